The summed E-state index contributed by atoms with van der Waals surface area (Å²) in [7, 11) is 1.55. The third-order valence-corrected chi connectivity index (χ3v) is 9.07. The van der Waals surface area contributed by atoms with Gasteiger partial charge in [-0.2, -0.15) is 4.57 Å². The van der Waals surface area contributed by atoms with Crippen molar-refractivity contribution >= 4 is 33.8 Å². The largest absolute Gasteiger partial charge is 0.477 e. The van der Waals surface area contributed by atoms with Crippen LogP contribution in [0.5, 0.6) is 5.88 Å². The summed E-state index contributed by atoms with van der Waals surface area (Å²) in [6, 6.07) is 9.21. The minimum atomic E-state index is -7.22. The predicted octanol–water partition coefficient (Wildman–Crippen LogP) is 7.11. The van der Waals surface area contributed by atoms with Gasteiger partial charge < -0.3 is 4.74 Å². The molecular formula is C37H13BF20N2O2. The second kappa shape index (κ2) is 17.4. The zero-order valence-electron chi connectivity index (χ0n) is 29.7. The van der Waals surface area contributed by atoms with Gasteiger partial charge in [0.1, 0.15) is 52.7 Å². The number of hydrogen-bond donors (Lipinski definition) is 0. The molecule has 0 radical (unpaired) electrons. The number of nitrogens with zero attached hydrogens (tertiary/aromatic N) is 2. The zero-order chi connectivity index (χ0) is 46.4. The van der Waals surface area contributed by atoms with Gasteiger partial charge in [-0.3, -0.25) is 4.79 Å². The lowest BCUT2D eigenvalue weighted by atomic mass is 9.12. The average molecular weight is 908 g/mol. The van der Waals surface area contributed by atoms with Gasteiger partial charge in [0.05, 0.1) is 13.3 Å². The summed E-state index contributed by atoms with van der Waals surface area (Å²) in [5.41, 5.74) is -13.6. The SMILES string of the molecule is COc1c[n+](CC(=O)c2ccccc2)ccn1.Fc1c(F)c(F)c([B-](c2c(F)c(F)c(F)c(F)c2F)(c2c(F)c(F)c(F)c(F)c2F)c2c(F)c(F)c(F)c(F)c2F)c(F)c1F. The molecule has 4 nitrogen and oxygen atoms in total. The van der Waals surface area contributed by atoms with E-state index >= 15 is 35.1 Å². The van der Waals surface area contributed by atoms with Crippen molar-refractivity contribution in [1.82, 2.24) is 4.98 Å². The molecule has 0 amide bonds. The molecule has 0 N–H and O–H groups in total. The smallest absolute Gasteiger partial charge is 0.279 e. The van der Waals surface area contributed by atoms with E-state index in [-0.39, 0.29) is 12.3 Å². The number of carbonyl (C=O) groups is 1. The molecule has 62 heavy (non-hydrogen) atoms. The summed E-state index contributed by atoms with van der Waals surface area (Å²) in [5.74, 6) is -70.9. The highest BCUT2D eigenvalue weighted by Gasteiger charge is 2.52. The number of carbonyl (C=O) groups excluding carboxylic acids is 1. The number of benzene rings is 5. The van der Waals surface area contributed by atoms with E-state index in [0.29, 0.717) is 11.4 Å². The quantitative estimate of drug-likeness (QED) is 0.0409. The van der Waals surface area contributed by atoms with E-state index in [2.05, 4.69) is 4.98 Å². The van der Waals surface area contributed by atoms with Gasteiger partial charge in [-0.1, -0.05) is 30.3 Å². The van der Waals surface area contributed by atoms with E-state index in [4.69, 9.17) is 4.74 Å². The van der Waals surface area contributed by atoms with Crippen LogP contribution in [0.2, 0.25) is 0 Å². The number of methoxy groups -OCH3 is 1. The summed E-state index contributed by atoms with van der Waals surface area (Å²) in [6.45, 7) is 0.281. The molecule has 0 aliphatic heterocycles. The summed E-state index contributed by atoms with van der Waals surface area (Å²) in [4.78, 5) is 15.9. The molecule has 0 spiro atoms. The number of ketones is 1. The molecule has 6 rings (SSSR count). The number of ether oxygens (including phenoxy) is 1. The van der Waals surface area contributed by atoms with E-state index in [9.17, 15) is 57.5 Å². The molecule has 326 valence electrons. The van der Waals surface area contributed by atoms with Crippen molar-refractivity contribution in [2.24, 2.45) is 0 Å². The van der Waals surface area contributed by atoms with Crippen molar-refractivity contribution in [2.75, 3.05) is 7.11 Å². The number of rotatable bonds is 8. The van der Waals surface area contributed by atoms with Gasteiger partial charge in [-0.15, -0.1) is 21.9 Å². The van der Waals surface area contributed by atoms with Crippen LogP contribution in [-0.2, 0) is 6.54 Å². The highest BCUT2D eigenvalue weighted by molar-refractivity contribution is 7.20. The molecule has 6 aromatic rings. The van der Waals surface area contributed by atoms with E-state index in [1.807, 2.05) is 18.2 Å². The molecule has 0 saturated heterocycles. The molecule has 0 atom stereocenters. The molecule has 0 fully saturated rings. The Morgan fingerprint density at radius 2 is 0.742 bits per heavy atom. The van der Waals surface area contributed by atoms with E-state index in [1.54, 1.807) is 42.4 Å². The number of aromatic nitrogens is 2. The van der Waals surface area contributed by atoms with E-state index < -0.39 is 144 Å². The first-order chi connectivity index (χ1) is 29.0. The minimum Gasteiger partial charge on any atom is -0.477 e. The highest BCUT2D eigenvalue weighted by atomic mass is 19.2. The van der Waals surface area contributed by atoms with Gasteiger partial charge in [-0.05, 0) is 0 Å². The molecular weight excluding hydrogens is 895 g/mol. The normalized spacial score (nSPS) is 11.4. The molecule has 0 aliphatic carbocycles. The average Bonchev–Trinajstić information content (AvgIpc) is 3.26. The maximum atomic E-state index is 15.4. The molecule has 25 heteroatoms. The fourth-order valence-corrected chi connectivity index (χ4v) is 6.37. The second-order valence-corrected chi connectivity index (χ2v) is 12.4. The fraction of sp³-hybridized carbons (Fsp3) is 0.0541. The summed E-state index contributed by atoms with van der Waals surface area (Å²) >= 11 is 0. The molecule has 0 saturated carbocycles. The molecule has 0 aliphatic rings. The lowest BCUT2D eigenvalue weighted by molar-refractivity contribution is -0.684. The third kappa shape index (κ3) is 7.31. The first-order valence-electron chi connectivity index (χ1n) is 16.2. The van der Waals surface area contributed by atoms with Crippen LogP contribution in [0.15, 0.2) is 48.9 Å². The van der Waals surface area contributed by atoms with Crippen molar-refractivity contribution in [3.63, 3.8) is 0 Å². The standard InChI is InChI=1S/C24BF20.C13H13N2O2/c26-5-1(6(27)14(35)21(42)13(5)34)25(2-7(28)15(36)22(43)16(37)8(2)29,3-9(30)17(38)23(44)18(39)10(3)31)4-11(32)19(40)24(45)20(41)12(4)33;1-17-13-10-15(8-7-14-13)9-12(16)11-5-3-2-4-6-11/h;2-8,10H,9H2,1H3/q-1;+1. The number of hydrogen-bond acceptors (Lipinski definition) is 3. The van der Waals surface area contributed by atoms with Gasteiger partial charge in [0, 0.05) is 5.56 Å². The zero-order valence-corrected chi connectivity index (χ0v) is 29.7. The van der Waals surface area contributed by atoms with Gasteiger partial charge in [0.25, 0.3) is 5.88 Å². The van der Waals surface area contributed by atoms with Crippen LogP contribution in [-0.4, -0.2) is 24.0 Å². The van der Waals surface area contributed by atoms with Crippen LogP contribution >= 0.6 is 0 Å². The Bertz CT molecular complexity index is 2410. The third-order valence-electron chi connectivity index (χ3n) is 9.07. The minimum absolute atomic E-state index is 0.0591. The van der Waals surface area contributed by atoms with Crippen LogP contribution < -0.4 is 31.2 Å². The van der Waals surface area contributed by atoms with Crippen molar-refractivity contribution in [1.29, 1.82) is 0 Å². The van der Waals surface area contributed by atoms with Crippen molar-refractivity contribution in [2.45, 2.75) is 6.54 Å². The Labute approximate surface area is 331 Å². The topological polar surface area (TPSA) is 43.1 Å². The number of Topliss-reactive ketones (excluding diaryl/α,β-unsaturated/α-hetero) is 1. The van der Waals surface area contributed by atoms with Crippen LogP contribution in [0, 0.1) is 116 Å². The Morgan fingerprint density at radius 1 is 0.468 bits per heavy atom. The Hall–Kier alpha value is -6.69. The summed E-state index contributed by atoms with van der Waals surface area (Å²) in [5, 5.41) is 0. The van der Waals surface area contributed by atoms with Gasteiger partial charge >= 0.3 is 0 Å². The molecule has 1 heterocycles. The lowest BCUT2D eigenvalue weighted by Gasteiger charge is -2.44. The van der Waals surface area contributed by atoms with Crippen LogP contribution in [0.4, 0.5) is 87.8 Å². The molecule has 0 bridgehead atoms. The molecule has 0 unspecified atom stereocenters. The summed E-state index contributed by atoms with van der Waals surface area (Å²) in [6.07, 6.45) is -2.17. The van der Waals surface area contributed by atoms with E-state index in [0.717, 1.165) is 0 Å². The Morgan fingerprint density at radius 3 is 1.02 bits per heavy atom. The van der Waals surface area contributed by atoms with Gasteiger partial charge in [0.15, 0.2) is 76.0 Å². The first-order valence-corrected chi connectivity index (χ1v) is 16.2. The first kappa shape index (κ1) is 46.4. The van der Waals surface area contributed by atoms with Crippen LogP contribution in [0.3, 0.4) is 0 Å². The van der Waals surface area contributed by atoms with E-state index in [1.165, 1.54) is 0 Å². The maximum absolute atomic E-state index is 15.4. The van der Waals surface area contributed by atoms with Gasteiger partial charge in [-0.25, -0.2) is 92.8 Å². The lowest BCUT2D eigenvalue weighted by Crippen LogP contribution is -2.81. The summed E-state index contributed by atoms with van der Waals surface area (Å²) < 4.78 is 301. The fourth-order valence-electron chi connectivity index (χ4n) is 6.37. The highest BCUT2D eigenvalue weighted by Crippen LogP contribution is 2.30. The van der Waals surface area contributed by atoms with Gasteiger partial charge in [0.2, 0.25) is 18.5 Å². The Kier molecular flexibility index (Phi) is 13.0. The van der Waals surface area contributed by atoms with Crippen LogP contribution in [0.25, 0.3) is 0 Å². The van der Waals surface area contributed by atoms with Crippen molar-refractivity contribution in [3.8, 4) is 5.88 Å². The monoisotopic (exact) mass is 908 g/mol. The Balaban J connectivity index is 0.000000355. The second-order valence-electron chi connectivity index (χ2n) is 12.4. The van der Waals surface area contributed by atoms with Crippen molar-refractivity contribution < 1.29 is 102 Å². The molecule has 5 aromatic carbocycles. The van der Waals surface area contributed by atoms with Crippen LogP contribution in [0.1, 0.15) is 10.4 Å². The maximum Gasteiger partial charge on any atom is 0.279 e. The predicted molar refractivity (Wildman–Crippen MR) is 171 cm³/mol. The number of halogens is 20. The molecule has 1 aromatic heterocycles. The van der Waals surface area contributed by atoms with Crippen molar-refractivity contribution in [3.05, 3.63) is 171 Å².